The van der Waals surface area contributed by atoms with Gasteiger partial charge in [-0.1, -0.05) is 0 Å². The molecule has 2 heterocycles. The minimum atomic E-state index is 0.603. The third-order valence-electron chi connectivity index (χ3n) is 2.25. The number of aromatic amines is 2. The third kappa shape index (κ3) is 1.37. The summed E-state index contributed by atoms with van der Waals surface area (Å²) in [5, 5.41) is 0. The van der Waals surface area contributed by atoms with Crippen LogP contribution in [0.4, 0.5) is 0 Å². The average molecular weight is 188 g/mol. The number of carbonyl (C=O) groups excluding carboxylic acids is 1. The molecule has 2 N–H and O–H groups in total. The van der Waals surface area contributed by atoms with Gasteiger partial charge in [-0.15, -0.1) is 0 Å². The van der Waals surface area contributed by atoms with Crippen LogP contribution in [-0.4, -0.2) is 16.3 Å². The second kappa shape index (κ2) is 3.18. The van der Waals surface area contributed by atoms with Crippen molar-refractivity contribution in [2.24, 2.45) is 0 Å². The first-order chi connectivity index (χ1) is 6.70. The highest BCUT2D eigenvalue weighted by Gasteiger charge is 2.06. The van der Waals surface area contributed by atoms with Gasteiger partial charge in [0.1, 0.15) is 0 Å². The number of H-pyrrole nitrogens is 2. The zero-order valence-corrected chi connectivity index (χ0v) is 8.22. The molecule has 0 fully saturated rings. The number of rotatable bonds is 2. The summed E-state index contributed by atoms with van der Waals surface area (Å²) in [6.07, 6.45) is 0.814. The Bertz CT molecular complexity index is 465. The summed E-state index contributed by atoms with van der Waals surface area (Å²) >= 11 is 0. The summed E-state index contributed by atoms with van der Waals surface area (Å²) in [5.74, 6) is 0. The number of hydrogen-bond acceptors (Lipinski definition) is 1. The normalized spacial score (nSPS) is 10.4. The highest BCUT2D eigenvalue weighted by atomic mass is 16.1. The van der Waals surface area contributed by atoms with Gasteiger partial charge >= 0.3 is 0 Å². The number of hydrogen-bond donors (Lipinski definition) is 2. The van der Waals surface area contributed by atoms with Crippen LogP contribution in [0.1, 0.15) is 21.7 Å². The maximum Gasteiger partial charge on any atom is 0.166 e. The molecule has 0 aliphatic heterocycles. The first-order valence-corrected chi connectivity index (χ1v) is 4.51. The van der Waals surface area contributed by atoms with E-state index in [1.54, 1.807) is 6.07 Å². The van der Waals surface area contributed by atoms with Gasteiger partial charge in [-0.2, -0.15) is 0 Å². The van der Waals surface area contributed by atoms with E-state index in [9.17, 15) is 4.79 Å². The fraction of sp³-hybridized carbons (Fsp3) is 0.182. The van der Waals surface area contributed by atoms with Crippen molar-refractivity contribution >= 4 is 6.29 Å². The van der Waals surface area contributed by atoms with E-state index in [0.29, 0.717) is 5.69 Å². The van der Waals surface area contributed by atoms with E-state index >= 15 is 0 Å². The standard InChI is InChI=1S/C11H12N2O/c1-7-5-8(2)12-11(7)10-4-3-9(6-14)13-10/h3-6,12-13H,1-2H3. The molecule has 2 aromatic rings. The van der Waals surface area contributed by atoms with E-state index in [4.69, 9.17) is 0 Å². The zero-order chi connectivity index (χ0) is 10.1. The maximum absolute atomic E-state index is 10.5. The molecular formula is C11H12N2O. The zero-order valence-electron chi connectivity index (χ0n) is 8.22. The van der Waals surface area contributed by atoms with E-state index in [2.05, 4.69) is 16.0 Å². The van der Waals surface area contributed by atoms with Crippen molar-refractivity contribution in [3.63, 3.8) is 0 Å². The van der Waals surface area contributed by atoms with E-state index in [1.165, 1.54) is 5.56 Å². The molecule has 0 radical (unpaired) electrons. The SMILES string of the molecule is Cc1cc(C)c(-c2ccc(C=O)[nH]2)[nH]1. The van der Waals surface area contributed by atoms with Crippen molar-refractivity contribution in [3.8, 4) is 11.4 Å². The smallest absolute Gasteiger partial charge is 0.166 e. The van der Waals surface area contributed by atoms with Crippen molar-refractivity contribution in [2.75, 3.05) is 0 Å². The summed E-state index contributed by atoms with van der Waals surface area (Å²) in [7, 11) is 0. The fourth-order valence-electron chi connectivity index (χ4n) is 1.64. The van der Waals surface area contributed by atoms with Crippen LogP contribution < -0.4 is 0 Å². The highest BCUT2D eigenvalue weighted by Crippen LogP contribution is 2.21. The van der Waals surface area contributed by atoms with Crippen LogP contribution in [0.2, 0.25) is 0 Å². The lowest BCUT2D eigenvalue weighted by molar-refractivity contribution is 0.111. The summed E-state index contributed by atoms with van der Waals surface area (Å²) in [5.41, 5.74) is 4.92. The lowest BCUT2D eigenvalue weighted by Crippen LogP contribution is -1.82. The van der Waals surface area contributed by atoms with E-state index in [0.717, 1.165) is 23.4 Å². The molecule has 0 atom stereocenters. The van der Waals surface area contributed by atoms with Crippen molar-refractivity contribution in [1.29, 1.82) is 0 Å². The molecule has 0 amide bonds. The van der Waals surface area contributed by atoms with Crippen LogP contribution >= 0.6 is 0 Å². The molecule has 2 rings (SSSR count). The molecule has 0 saturated heterocycles. The van der Waals surface area contributed by atoms with Gasteiger partial charge in [0.15, 0.2) is 6.29 Å². The van der Waals surface area contributed by atoms with Gasteiger partial charge in [-0.3, -0.25) is 4.79 Å². The predicted octanol–water partition coefficient (Wildman–Crippen LogP) is 2.44. The van der Waals surface area contributed by atoms with Crippen molar-refractivity contribution in [1.82, 2.24) is 9.97 Å². The van der Waals surface area contributed by atoms with Gasteiger partial charge in [0.25, 0.3) is 0 Å². The van der Waals surface area contributed by atoms with Crippen molar-refractivity contribution < 1.29 is 4.79 Å². The molecule has 0 spiro atoms. The number of aldehydes is 1. The molecule has 0 bridgehead atoms. The topological polar surface area (TPSA) is 48.6 Å². The lowest BCUT2D eigenvalue weighted by Gasteiger charge is -1.95. The Balaban J connectivity index is 2.48. The summed E-state index contributed by atoms with van der Waals surface area (Å²) in [6, 6.07) is 5.76. The van der Waals surface area contributed by atoms with Crippen molar-refractivity contribution in [3.05, 3.63) is 35.2 Å². The first kappa shape index (κ1) is 8.81. The van der Waals surface area contributed by atoms with Crippen LogP contribution in [0.15, 0.2) is 18.2 Å². The number of nitrogens with one attached hydrogen (secondary N) is 2. The monoisotopic (exact) mass is 188 g/mol. The molecule has 0 unspecified atom stereocenters. The molecule has 0 aliphatic carbocycles. The Morgan fingerprint density at radius 2 is 2.00 bits per heavy atom. The van der Waals surface area contributed by atoms with E-state index < -0.39 is 0 Å². The minimum Gasteiger partial charge on any atom is -0.357 e. The third-order valence-corrected chi connectivity index (χ3v) is 2.25. The summed E-state index contributed by atoms with van der Waals surface area (Å²) in [4.78, 5) is 16.8. The summed E-state index contributed by atoms with van der Waals surface area (Å²) in [6.45, 7) is 4.06. The summed E-state index contributed by atoms with van der Waals surface area (Å²) < 4.78 is 0. The maximum atomic E-state index is 10.5. The number of carbonyl (C=O) groups is 1. The second-order valence-electron chi connectivity index (χ2n) is 3.46. The number of aryl methyl sites for hydroxylation is 2. The molecule has 3 nitrogen and oxygen atoms in total. The lowest BCUT2D eigenvalue weighted by atomic mass is 10.2. The van der Waals surface area contributed by atoms with Crippen LogP contribution in [0.3, 0.4) is 0 Å². The van der Waals surface area contributed by atoms with Crippen LogP contribution in [0.5, 0.6) is 0 Å². The Hall–Kier alpha value is -1.77. The fourth-order valence-corrected chi connectivity index (χ4v) is 1.64. The molecule has 0 aromatic carbocycles. The van der Waals surface area contributed by atoms with Crippen molar-refractivity contribution in [2.45, 2.75) is 13.8 Å². The first-order valence-electron chi connectivity index (χ1n) is 4.51. The predicted molar refractivity (Wildman–Crippen MR) is 55.4 cm³/mol. The van der Waals surface area contributed by atoms with Gasteiger partial charge in [0, 0.05) is 5.69 Å². The van der Waals surface area contributed by atoms with Gasteiger partial charge in [0.2, 0.25) is 0 Å². The van der Waals surface area contributed by atoms with Gasteiger partial charge in [0.05, 0.1) is 17.1 Å². The Labute approximate surface area is 82.2 Å². The van der Waals surface area contributed by atoms with Crippen LogP contribution in [-0.2, 0) is 0 Å². The average Bonchev–Trinajstić information content (AvgIpc) is 2.71. The van der Waals surface area contributed by atoms with Gasteiger partial charge in [-0.05, 0) is 37.6 Å². The Kier molecular flexibility index (Phi) is 2.00. The Morgan fingerprint density at radius 1 is 1.21 bits per heavy atom. The molecule has 3 heteroatoms. The molecular weight excluding hydrogens is 176 g/mol. The molecule has 0 aliphatic rings. The minimum absolute atomic E-state index is 0.603. The van der Waals surface area contributed by atoms with Gasteiger partial charge in [-0.25, -0.2) is 0 Å². The molecule has 14 heavy (non-hydrogen) atoms. The largest absolute Gasteiger partial charge is 0.357 e. The van der Waals surface area contributed by atoms with E-state index in [1.807, 2.05) is 19.9 Å². The molecule has 2 aromatic heterocycles. The van der Waals surface area contributed by atoms with Crippen LogP contribution in [0, 0.1) is 13.8 Å². The second-order valence-corrected chi connectivity index (χ2v) is 3.46. The van der Waals surface area contributed by atoms with Gasteiger partial charge < -0.3 is 9.97 Å². The Morgan fingerprint density at radius 3 is 2.50 bits per heavy atom. The molecule has 72 valence electrons. The highest BCUT2D eigenvalue weighted by molar-refractivity contribution is 5.75. The van der Waals surface area contributed by atoms with E-state index in [-0.39, 0.29) is 0 Å². The number of aromatic nitrogens is 2. The molecule has 0 saturated carbocycles. The van der Waals surface area contributed by atoms with Crippen LogP contribution in [0.25, 0.3) is 11.4 Å². The quantitative estimate of drug-likeness (QED) is 0.699.